The molecule has 0 aliphatic carbocycles. The van der Waals surface area contributed by atoms with Crippen LogP contribution in [0.2, 0.25) is 0 Å². The molecule has 0 aliphatic rings. The van der Waals surface area contributed by atoms with E-state index < -0.39 is 5.97 Å². The molecule has 18 heavy (non-hydrogen) atoms. The number of aromatic nitrogens is 2. The molecule has 0 saturated heterocycles. The van der Waals surface area contributed by atoms with Crippen LogP contribution in [-0.4, -0.2) is 28.0 Å². The molecule has 2 heterocycles. The second-order valence-corrected chi connectivity index (χ2v) is 6.13. The van der Waals surface area contributed by atoms with Crippen molar-refractivity contribution < 1.29 is 14.6 Å². The smallest absolute Gasteiger partial charge is 0.345 e. The third kappa shape index (κ3) is 2.13. The van der Waals surface area contributed by atoms with E-state index in [1.807, 2.05) is 25.5 Å². The van der Waals surface area contributed by atoms with Crippen LogP contribution in [0.15, 0.2) is 6.07 Å². The van der Waals surface area contributed by atoms with Gasteiger partial charge in [-0.3, -0.25) is 0 Å². The zero-order valence-electron chi connectivity index (χ0n) is 10.9. The van der Waals surface area contributed by atoms with E-state index in [9.17, 15) is 4.79 Å². The van der Waals surface area contributed by atoms with Crippen LogP contribution in [-0.2, 0) is 16.9 Å². The minimum Gasteiger partial charge on any atom is -0.477 e. The number of ether oxygens (including phenoxy) is 1. The number of rotatable bonds is 3. The lowest BCUT2D eigenvalue weighted by Gasteiger charge is -2.19. The predicted octanol–water partition coefficient (Wildman–Crippen LogP) is 2.70. The number of nitrogens with zero attached hydrogens (tertiary/aromatic N) is 2. The highest BCUT2D eigenvalue weighted by atomic mass is 32.1. The highest BCUT2D eigenvalue weighted by molar-refractivity contribution is 7.20. The van der Waals surface area contributed by atoms with Crippen molar-refractivity contribution in [1.29, 1.82) is 0 Å². The molecule has 2 aromatic rings. The van der Waals surface area contributed by atoms with E-state index >= 15 is 0 Å². The summed E-state index contributed by atoms with van der Waals surface area (Å²) in [5, 5.41) is 14.5. The third-order valence-electron chi connectivity index (χ3n) is 2.56. The number of carboxylic acid groups (broad SMARTS) is 1. The second kappa shape index (κ2) is 4.37. The van der Waals surface area contributed by atoms with Gasteiger partial charge in [-0.2, -0.15) is 5.10 Å². The number of aromatic carboxylic acids is 1. The zero-order chi connectivity index (χ0) is 13.5. The van der Waals surface area contributed by atoms with Crippen molar-refractivity contribution >= 4 is 27.5 Å². The summed E-state index contributed by atoms with van der Waals surface area (Å²) in [6.07, 6.45) is 0. The standard InChI is InChI=1S/C12H16N2O3S/c1-12(2,3)14-10-7(8(13-14)6-17-4)5-9(18-10)11(15)16/h5H,6H2,1-4H3,(H,15,16). The first-order valence-corrected chi connectivity index (χ1v) is 6.40. The highest BCUT2D eigenvalue weighted by Gasteiger charge is 2.23. The molecule has 0 saturated carbocycles. The predicted molar refractivity (Wildman–Crippen MR) is 70.3 cm³/mol. The van der Waals surface area contributed by atoms with Crippen LogP contribution < -0.4 is 0 Å². The molecule has 0 aromatic carbocycles. The number of hydrogen-bond donors (Lipinski definition) is 1. The summed E-state index contributed by atoms with van der Waals surface area (Å²) in [5.74, 6) is -0.903. The average Bonchev–Trinajstić information content (AvgIpc) is 2.77. The van der Waals surface area contributed by atoms with Crippen molar-refractivity contribution in [2.24, 2.45) is 0 Å². The summed E-state index contributed by atoms with van der Waals surface area (Å²) >= 11 is 1.25. The fourth-order valence-electron chi connectivity index (χ4n) is 1.77. The molecular weight excluding hydrogens is 252 g/mol. The van der Waals surface area contributed by atoms with Gasteiger partial charge in [0, 0.05) is 12.5 Å². The molecule has 0 atom stereocenters. The lowest BCUT2D eigenvalue weighted by Crippen LogP contribution is -2.22. The molecule has 2 aromatic heterocycles. The van der Waals surface area contributed by atoms with E-state index in [1.54, 1.807) is 13.2 Å². The Morgan fingerprint density at radius 3 is 2.72 bits per heavy atom. The van der Waals surface area contributed by atoms with Crippen LogP contribution in [0.5, 0.6) is 0 Å². The molecule has 0 aliphatic heterocycles. The monoisotopic (exact) mass is 268 g/mol. The van der Waals surface area contributed by atoms with E-state index in [0.717, 1.165) is 15.9 Å². The van der Waals surface area contributed by atoms with Crippen LogP contribution in [0.1, 0.15) is 36.1 Å². The van der Waals surface area contributed by atoms with Crippen LogP contribution in [0.3, 0.4) is 0 Å². The summed E-state index contributed by atoms with van der Waals surface area (Å²) in [4.78, 5) is 12.3. The molecule has 0 spiro atoms. The number of methoxy groups -OCH3 is 1. The Hall–Kier alpha value is -1.40. The van der Waals surface area contributed by atoms with Gasteiger partial charge in [-0.1, -0.05) is 0 Å². The molecule has 0 radical (unpaired) electrons. The van der Waals surface area contributed by atoms with Gasteiger partial charge in [-0.25, -0.2) is 9.48 Å². The molecule has 98 valence electrons. The van der Waals surface area contributed by atoms with Crippen molar-refractivity contribution in [3.8, 4) is 0 Å². The van der Waals surface area contributed by atoms with E-state index in [-0.39, 0.29) is 5.54 Å². The normalized spacial score (nSPS) is 12.2. The number of carbonyl (C=O) groups is 1. The maximum atomic E-state index is 11.0. The topological polar surface area (TPSA) is 64.4 Å². The maximum absolute atomic E-state index is 11.0. The Morgan fingerprint density at radius 2 is 2.22 bits per heavy atom. The van der Waals surface area contributed by atoms with Gasteiger partial charge in [0.2, 0.25) is 0 Å². The Balaban J connectivity index is 2.68. The molecule has 0 amide bonds. The minimum absolute atomic E-state index is 0.190. The number of fused-ring (bicyclic) bond motifs is 1. The molecule has 0 fully saturated rings. The maximum Gasteiger partial charge on any atom is 0.345 e. The first kappa shape index (κ1) is 13.0. The minimum atomic E-state index is -0.903. The fourth-order valence-corrected chi connectivity index (χ4v) is 2.93. The molecular formula is C12H16N2O3S. The Morgan fingerprint density at radius 1 is 1.56 bits per heavy atom. The van der Waals surface area contributed by atoms with E-state index in [1.165, 1.54) is 11.3 Å². The van der Waals surface area contributed by atoms with Crippen LogP contribution in [0.25, 0.3) is 10.2 Å². The first-order chi connectivity index (χ1) is 8.34. The summed E-state index contributed by atoms with van der Waals surface area (Å²) < 4.78 is 6.98. The van der Waals surface area contributed by atoms with Gasteiger partial charge in [0.05, 0.1) is 17.8 Å². The van der Waals surface area contributed by atoms with Gasteiger partial charge in [0.15, 0.2) is 0 Å². The number of hydrogen-bond acceptors (Lipinski definition) is 4. The summed E-state index contributed by atoms with van der Waals surface area (Å²) in [6, 6.07) is 1.67. The highest BCUT2D eigenvalue weighted by Crippen LogP contribution is 2.32. The van der Waals surface area contributed by atoms with E-state index in [4.69, 9.17) is 9.84 Å². The molecule has 0 bridgehead atoms. The molecule has 6 heteroatoms. The van der Waals surface area contributed by atoms with Gasteiger partial charge < -0.3 is 9.84 Å². The first-order valence-electron chi connectivity index (χ1n) is 5.58. The van der Waals surface area contributed by atoms with Gasteiger partial charge in [0.1, 0.15) is 9.71 Å². The number of thiophene rings is 1. The van der Waals surface area contributed by atoms with Crippen molar-refractivity contribution in [1.82, 2.24) is 9.78 Å². The third-order valence-corrected chi connectivity index (χ3v) is 3.66. The van der Waals surface area contributed by atoms with Crippen LogP contribution in [0.4, 0.5) is 0 Å². The lowest BCUT2D eigenvalue weighted by molar-refractivity contribution is 0.0702. The van der Waals surface area contributed by atoms with Crippen LogP contribution in [0, 0.1) is 0 Å². The molecule has 1 N–H and O–H groups in total. The number of carboxylic acids is 1. The van der Waals surface area contributed by atoms with Crippen molar-refractivity contribution in [3.05, 3.63) is 16.6 Å². The molecule has 2 rings (SSSR count). The quantitative estimate of drug-likeness (QED) is 0.929. The molecule has 5 nitrogen and oxygen atoms in total. The average molecular weight is 268 g/mol. The Kier molecular flexibility index (Phi) is 3.16. The zero-order valence-corrected chi connectivity index (χ0v) is 11.7. The van der Waals surface area contributed by atoms with Crippen LogP contribution >= 0.6 is 11.3 Å². The SMILES string of the molecule is COCc1nn(C(C)(C)C)c2sc(C(=O)O)cc12. The second-order valence-electron chi connectivity index (χ2n) is 5.10. The summed E-state index contributed by atoms with van der Waals surface area (Å²) in [5.41, 5.74) is 0.594. The van der Waals surface area contributed by atoms with Gasteiger partial charge >= 0.3 is 5.97 Å². The van der Waals surface area contributed by atoms with Gasteiger partial charge in [-0.15, -0.1) is 11.3 Å². The lowest BCUT2D eigenvalue weighted by atomic mass is 10.1. The Bertz CT molecular complexity index is 592. The van der Waals surface area contributed by atoms with E-state index in [2.05, 4.69) is 5.10 Å². The fraction of sp³-hybridized carbons (Fsp3) is 0.500. The summed E-state index contributed by atoms with van der Waals surface area (Å²) in [6.45, 7) is 6.50. The summed E-state index contributed by atoms with van der Waals surface area (Å²) in [7, 11) is 1.60. The molecule has 0 unspecified atom stereocenters. The van der Waals surface area contributed by atoms with Crippen molar-refractivity contribution in [2.45, 2.75) is 32.9 Å². The van der Waals surface area contributed by atoms with Crippen molar-refractivity contribution in [3.63, 3.8) is 0 Å². The van der Waals surface area contributed by atoms with Crippen molar-refractivity contribution in [2.75, 3.05) is 7.11 Å². The van der Waals surface area contributed by atoms with E-state index in [0.29, 0.717) is 11.5 Å². The Labute approximate surface area is 109 Å². The largest absolute Gasteiger partial charge is 0.477 e. The van der Waals surface area contributed by atoms with Gasteiger partial charge in [-0.05, 0) is 26.8 Å². The van der Waals surface area contributed by atoms with Gasteiger partial charge in [0.25, 0.3) is 0 Å².